The Morgan fingerprint density at radius 2 is 2.14 bits per heavy atom. The minimum Gasteiger partial charge on any atom is -0.492 e. The fourth-order valence-corrected chi connectivity index (χ4v) is 2.18. The molecule has 3 N–H and O–H groups in total. The predicted octanol–water partition coefficient (Wildman–Crippen LogP) is 0.842. The Labute approximate surface area is 129 Å². The van der Waals surface area contributed by atoms with Crippen LogP contribution >= 0.6 is 11.6 Å². The lowest BCUT2D eigenvalue weighted by atomic mass is 10.2. The third-order valence-corrected chi connectivity index (χ3v) is 3.80. The first-order chi connectivity index (χ1) is 9.83. The Hall–Kier alpha value is -1.31. The lowest BCUT2D eigenvalue weighted by Gasteiger charge is -2.09. The van der Waals surface area contributed by atoms with Crippen molar-refractivity contribution in [2.45, 2.75) is 6.42 Å². The van der Waals surface area contributed by atoms with Crippen molar-refractivity contribution in [3.63, 3.8) is 0 Å². The smallest absolute Gasteiger partial charge is 0.251 e. The normalized spacial score (nSPS) is 11.2. The van der Waals surface area contributed by atoms with Crippen LogP contribution in [0.3, 0.4) is 0 Å². The van der Waals surface area contributed by atoms with Gasteiger partial charge in [0.05, 0.1) is 17.4 Å². The lowest BCUT2D eigenvalue weighted by Crippen LogP contribution is -2.28. The summed E-state index contributed by atoms with van der Waals surface area (Å²) < 4.78 is 27.4. The summed E-state index contributed by atoms with van der Waals surface area (Å²) >= 11 is 6.03. The maximum Gasteiger partial charge on any atom is 0.251 e. The fraction of sp³-hybridized carbons (Fsp3) is 0.462. The average molecular weight is 335 g/mol. The van der Waals surface area contributed by atoms with Crippen LogP contribution in [-0.2, 0) is 9.84 Å². The molecule has 21 heavy (non-hydrogen) atoms. The molecule has 1 aromatic rings. The Morgan fingerprint density at radius 1 is 1.43 bits per heavy atom. The topological polar surface area (TPSA) is 98.5 Å². The van der Waals surface area contributed by atoms with E-state index < -0.39 is 9.84 Å². The van der Waals surface area contributed by atoms with E-state index in [-0.39, 0.29) is 18.2 Å². The van der Waals surface area contributed by atoms with Crippen LogP contribution in [0.1, 0.15) is 16.8 Å². The Kier molecular flexibility index (Phi) is 6.94. The molecule has 118 valence electrons. The van der Waals surface area contributed by atoms with Crippen LogP contribution in [0.15, 0.2) is 18.2 Å². The summed E-state index contributed by atoms with van der Waals surface area (Å²) in [6.07, 6.45) is 1.83. The molecule has 0 spiro atoms. The van der Waals surface area contributed by atoms with Crippen LogP contribution in [0, 0.1) is 0 Å². The summed E-state index contributed by atoms with van der Waals surface area (Å²) in [5, 5.41) is 2.84. The van der Waals surface area contributed by atoms with Crippen molar-refractivity contribution in [1.29, 1.82) is 0 Å². The second kappa shape index (κ2) is 8.21. The number of sulfone groups is 1. The summed E-state index contributed by atoms with van der Waals surface area (Å²) in [6.45, 7) is 1.04. The van der Waals surface area contributed by atoms with Crippen molar-refractivity contribution in [3.8, 4) is 5.75 Å². The quantitative estimate of drug-likeness (QED) is 0.686. The molecule has 1 aromatic carbocycles. The van der Waals surface area contributed by atoms with Crippen molar-refractivity contribution in [2.24, 2.45) is 5.73 Å². The molecule has 6 nitrogen and oxygen atoms in total. The summed E-state index contributed by atoms with van der Waals surface area (Å²) in [6, 6.07) is 4.65. The number of carbonyl (C=O) groups excluding carboxylic acids is 1. The summed E-state index contributed by atoms with van der Waals surface area (Å²) in [5.41, 5.74) is 5.71. The molecular weight excluding hydrogens is 316 g/mol. The molecule has 0 saturated heterocycles. The van der Waals surface area contributed by atoms with E-state index in [0.29, 0.717) is 35.9 Å². The maximum absolute atomic E-state index is 11.8. The number of hydrogen-bond acceptors (Lipinski definition) is 5. The first-order valence-electron chi connectivity index (χ1n) is 6.42. The number of hydrogen-bond donors (Lipinski definition) is 2. The van der Waals surface area contributed by atoms with Crippen molar-refractivity contribution >= 4 is 27.3 Å². The predicted molar refractivity (Wildman–Crippen MR) is 82.7 cm³/mol. The minimum atomic E-state index is -3.10. The van der Waals surface area contributed by atoms with Gasteiger partial charge in [-0.05, 0) is 31.2 Å². The summed E-state index contributed by atoms with van der Waals surface area (Å²) in [7, 11) is -3.10. The monoisotopic (exact) mass is 334 g/mol. The van der Waals surface area contributed by atoms with Crippen molar-refractivity contribution in [2.75, 3.05) is 31.7 Å². The zero-order chi connectivity index (χ0) is 15.9. The third kappa shape index (κ3) is 6.79. The molecule has 0 saturated carbocycles. The largest absolute Gasteiger partial charge is 0.492 e. The number of benzene rings is 1. The standard InChI is InChI=1S/C13H19ClN2O4S/c1-21(18,19)8-6-16-13(17)10-3-4-12(11(14)9-10)20-7-2-5-15/h3-4,9H,2,5-8,15H2,1H3,(H,16,17). The second-order valence-corrected chi connectivity index (χ2v) is 7.19. The molecule has 0 bridgehead atoms. The zero-order valence-electron chi connectivity index (χ0n) is 11.8. The van der Waals surface area contributed by atoms with Gasteiger partial charge in [-0.15, -0.1) is 0 Å². The number of carbonyl (C=O) groups is 1. The fourth-order valence-electron chi connectivity index (χ4n) is 1.48. The highest BCUT2D eigenvalue weighted by Gasteiger charge is 2.10. The van der Waals surface area contributed by atoms with E-state index in [1.54, 1.807) is 12.1 Å². The van der Waals surface area contributed by atoms with E-state index in [9.17, 15) is 13.2 Å². The molecule has 1 amide bonds. The molecule has 0 fully saturated rings. The molecule has 0 unspecified atom stereocenters. The Bertz CT molecular complexity index is 590. The van der Waals surface area contributed by atoms with E-state index >= 15 is 0 Å². The van der Waals surface area contributed by atoms with E-state index in [2.05, 4.69) is 5.32 Å². The van der Waals surface area contributed by atoms with Gasteiger partial charge in [-0.3, -0.25) is 4.79 Å². The highest BCUT2D eigenvalue weighted by Crippen LogP contribution is 2.25. The van der Waals surface area contributed by atoms with Crippen LogP contribution < -0.4 is 15.8 Å². The molecule has 0 radical (unpaired) electrons. The van der Waals surface area contributed by atoms with Crippen LogP contribution in [0.2, 0.25) is 5.02 Å². The van der Waals surface area contributed by atoms with Crippen LogP contribution in [0.4, 0.5) is 0 Å². The molecular formula is C13H19ClN2O4S. The molecule has 0 aromatic heterocycles. The van der Waals surface area contributed by atoms with Crippen molar-refractivity contribution < 1.29 is 17.9 Å². The van der Waals surface area contributed by atoms with Crippen molar-refractivity contribution in [1.82, 2.24) is 5.32 Å². The van der Waals surface area contributed by atoms with Gasteiger partial charge in [-0.2, -0.15) is 0 Å². The third-order valence-electron chi connectivity index (χ3n) is 2.56. The Balaban J connectivity index is 2.59. The molecule has 0 heterocycles. The number of ether oxygens (including phenoxy) is 1. The van der Waals surface area contributed by atoms with Gasteiger partial charge in [-0.1, -0.05) is 11.6 Å². The van der Waals surface area contributed by atoms with Gasteiger partial charge in [0.25, 0.3) is 5.91 Å². The lowest BCUT2D eigenvalue weighted by molar-refractivity contribution is 0.0956. The van der Waals surface area contributed by atoms with E-state index in [0.717, 1.165) is 6.26 Å². The van der Waals surface area contributed by atoms with E-state index in [4.69, 9.17) is 22.1 Å². The van der Waals surface area contributed by atoms with Gasteiger partial charge < -0.3 is 15.8 Å². The number of nitrogens with one attached hydrogen (secondary N) is 1. The van der Waals surface area contributed by atoms with Crippen molar-refractivity contribution in [3.05, 3.63) is 28.8 Å². The summed E-state index contributed by atoms with van der Waals surface area (Å²) in [5.74, 6) is -0.000834. The first-order valence-corrected chi connectivity index (χ1v) is 8.85. The summed E-state index contributed by atoms with van der Waals surface area (Å²) in [4.78, 5) is 11.8. The number of rotatable bonds is 8. The van der Waals surface area contributed by atoms with Gasteiger partial charge in [0, 0.05) is 18.4 Å². The molecule has 0 aliphatic heterocycles. The van der Waals surface area contributed by atoms with Gasteiger partial charge in [0.15, 0.2) is 0 Å². The Morgan fingerprint density at radius 3 is 2.71 bits per heavy atom. The van der Waals surface area contributed by atoms with Crippen LogP contribution in [0.5, 0.6) is 5.75 Å². The van der Waals surface area contributed by atoms with Gasteiger partial charge in [0.2, 0.25) is 0 Å². The number of halogens is 1. The van der Waals surface area contributed by atoms with Crippen LogP contribution in [-0.4, -0.2) is 46.0 Å². The SMILES string of the molecule is CS(=O)(=O)CCNC(=O)c1ccc(OCCCN)c(Cl)c1. The zero-order valence-corrected chi connectivity index (χ0v) is 13.3. The molecule has 0 aliphatic rings. The maximum atomic E-state index is 11.8. The highest BCUT2D eigenvalue weighted by atomic mass is 35.5. The average Bonchev–Trinajstić information content (AvgIpc) is 2.39. The molecule has 0 atom stereocenters. The van der Waals surface area contributed by atoms with Crippen LogP contribution in [0.25, 0.3) is 0 Å². The number of nitrogens with two attached hydrogens (primary N) is 1. The van der Waals surface area contributed by atoms with E-state index in [1.807, 2.05) is 0 Å². The molecule has 8 heteroatoms. The molecule has 0 aliphatic carbocycles. The second-order valence-electron chi connectivity index (χ2n) is 4.52. The van der Waals surface area contributed by atoms with E-state index in [1.165, 1.54) is 6.07 Å². The first kappa shape index (κ1) is 17.7. The van der Waals surface area contributed by atoms with Gasteiger partial charge >= 0.3 is 0 Å². The highest BCUT2D eigenvalue weighted by molar-refractivity contribution is 7.90. The molecule has 1 rings (SSSR count). The van der Waals surface area contributed by atoms with Gasteiger partial charge in [-0.25, -0.2) is 8.42 Å². The number of amides is 1. The minimum absolute atomic E-state index is 0.0596. The van der Waals surface area contributed by atoms with Gasteiger partial charge in [0.1, 0.15) is 15.6 Å².